The summed E-state index contributed by atoms with van der Waals surface area (Å²) in [5, 5.41) is 8.80. The van der Waals surface area contributed by atoms with Gasteiger partial charge in [-0.05, 0) is 34.7 Å². The Morgan fingerprint density at radius 2 is 1.89 bits per heavy atom. The standard InChI is InChI=1S/C12H9NO2S.HN3/c14-12(15)11-8-10(6-7-13-11)16-9-4-2-1-3-5-9;1-3-2/h1-8H,(H,14,15);1H. The average molecular weight is 274 g/mol. The van der Waals surface area contributed by atoms with Crippen LogP contribution in [0.15, 0.2) is 58.5 Å². The van der Waals surface area contributed by atoms with Crippen molar-refractivity contribution in [3.63, 3.8) is 0 Å². The number of hydrogen-bond donors (Lipinski definition) is 2. The summed E-state index contributed by atoms with van der Waals surface area (Å²) in [5.41, 5.74) is 12.3. The number of nitrogens with one attached hydrogen (secondary N) is 1. The van der Waals surface area contributed by atoms with Gasteiger partial charge in [0.05, 0.1) is 0 Å². The zero-order valence-electron chi connectivity index (χ0n) is 9.72. The molecule has 0 aliphatic rings. The molecule has 96 valence electrons. The second-order valence-electron chi connectivity index (χ2n) is 3.20. The minimum atomic E-state index is -1.00. The maximum absolute atomic E-state index is 10.7. The zero-order chi connectivity index (χ0) is 14.1. The second kappa shape index (κ2) is 7.75. The van der Waals surface area contributed by atoms with Gasteiger partial charge in [0.2, 0.25) is 0 Å². The van der Waals surface area contributed by atoms with Gasteiger partial charge in [0.1, 0.15) is 5.69 Å². The fourth-order valence-corrected chi connectivity index (χ4v) is 2.08. The minimum Gasteiger partial charge on any atom is -0.477 e. The third-order valence-electron chi connectivity index (χ3n) is 1.93. The SMILES string of the molecule is O=C(O)c1cc(Sc2ccccc2)ccn1.[N-]=[N+]=N. The fourth-order valence-electron chi connectivity index (χ4n) is 1.22. The van der Waals surface area contributed by atoms with Crippen LogP contribution in [0.4, 0.5) is 0 Å². The van der Waals surface area contributed by atoms with Crippen molar-refractivity contribution >= 4 is 17.7 Å². The second-order valence-corrected chi connectivity index (χ2v) is 4.34. The van der Waals surface area contributed by atoms with Crippen molar-refractivity contribution in [2.24, 2.45) is 0 Å². The van der Waals surface area contributed by atoms with Crippen LogP contribution < -0.4 is 0 Å². The molecule has 0 aliphatic carbocycles. The van der Waals surface area contributed by atoms with Gasteiger partial charge in [-0.3, -0.25) is 0 Å². The lowest BCUT2D eigenvalue weighted by atomic mass is 10.3. The summed E-state index contributed by atoms with van der Waals surface area (Å²) >= 11 is 1.52. The van der Waals surface area contributed by atoms with E-state index in [4.69, 9.17) is 16.2 Å². The van der Waals surface area contributed by atoms with Crippen molar-refractivity contribution in [1.29, 1.82) is 5.53 Å². The molecule has 2 N–H and O–H groups in total. The molecule has 0 unspecified atom stereocenters. The summed E-state index contributed by atoms with van der Waals surface area (Å²) in [6, 6.07) is 13.2. The molecule has 0 amide bonds. The van der Waals surface area contributed by atoms with Gasteiger partial charge in [-0.25, -0.2) is 9.78 Å². The van der Waals surface area contributed by atoms with Crippen LogP contribution in [0.1, 0.15) is 10.5 Å². The van der Waals surface area contributed by atoms with E-state index in [2.05, 4.69) is 4.98 Å². The lowest BCUT2D eigenvalue weighted by molar-refractivity contribution is 0.0690. The summed E-state index contributed by atoms with van der Waals surface area (Å²) in [4.78, 5) is 18.2. The maximum Gasteiger partial charge on any atom is 0.354 e. The van der Waals surface area contributed by atoms with E-state index in [1.54, 1.807) is 17.0 Å². The quantitative estimate of drug-likeness (QED) is 0.503. The van der Waals surface area contributed by atoms with Crippen molar-refractivity contribution in [2.75, 3.05) is 0 Å². The molecule has 0 bridgehead atoms. The molecule has 0 aliphatic heterocycles. The number of nitrogens with zero attached hydrogens (tertiary/aromatic N) is 3. The molecule has 0 spiro atoms. The van der Waals surface area contributed by atoms with Crippen molar-refractivity contribution in [2.45, 2.75) is 9.79 Å². The smallest absolute Gasteiger partial charge is 0.354 e. The number of carbonyl (C=O) groups is 1. The molecule has 0 saturated carbocycles. The Morgan fingerprint density at radius 1 is 1.26 bits per heavy atom. The Balaban J connectivity index is 0.000000550. The highest BCUT2D eigenvalue weighted by molar-refractivity contribution is 7.99. The number of carboxylic acid groups (broad SMARTS) is 1. The van der Waals surface area contributed by atoms with Gasteiger partial charge in [0.15, 0.2) is 0 Å². The van der Waals surface area contributed by atoms with E-state index in [0.717, 1.165) is 9.79 Å². The Hall–Kier alpha value is -2.50. The average Bonchev–Trinajstić information content (AvgIpc) is 2.41. The van der Waals surface area contributed by atoms with Crippen LogP contribution >= 0.6 is 11.8 Å². The molecule has 1 aromatic heterocycles. The first-order valence-electron chi connectivity index (χ1n) is 5.10. The topological polar surface area (TPSA) is 110 Å². The first kappa shape index (κ1) is 14.6. The number of pyridine rings is 1. The van der Waals surface area contributed by atoms with E-state index >= 15 is 0 Å². The fraction of sp³-hybridized carbons (Fsp3) is 0. The molecule has 6 nitrogen and oxygen atoms in total. The third kappa shape index (κ3) is 5.12. The highest BCUT2D eigenvalue weighted by Gasteiger charge is 2.05. The Labute approximate surface area is 113 Å². The van der Waals surface area contributed by atoms with E-state index in [9.17, 15) is 4.79 Å². The lowest BCUT2D eigenvalue weighted by Gasteiger charge is -2.01. The van der Waals surface area contributed by atoms with Gasteiger partial charge in [-0.1, -0.05) is 30.0 Å². The van der Waals surface area contributed by atoms with Crippen LogP contribution in [0, 0.1) is 5.53 Å². The summed E-state index contributed by atoms with van der Waals surface area (Å²) in [6.07, 6.45) is 1.51. The van der Waals surface area contributed by atoms with Gasteiger partial charge < -0.3 is 5.11 Å². The number of carboxylic acids is 1. The first-order chi connectivity index (χ1) is 9.17. The summed E-state index contributed by atoms with van der Waals surface area (Å²) in [5.74, 6) is -1.00. The molecule has 0 saturated heterocycles. The van der Waals surface area contributed by atoms with Crippen molar-refractivity contribution in [3.05, 3.63) is 64.8 Å². The minimum absolute atomic E-state index is 0.0703. The van der Waals surface area contributed by atoms with E-state index in [1.807, 2.05) is 30.3 Å². The van der Waals surface area contributed by atoms with Gasteiger partial charge in [0.25, 0.3) is 0 Å². The third-order valence-corrected chi connectivity index (χ3v) is 2.93. The molecular formula is C12H10N4O2S. The van der Waals surface area contributed by atoms with Crippen LogP contribution in [0.2, 0.25) is 0 Å². The predicted octanol–water partition coefficient (Wildman–Crippen LogP) is 3.81. The van der Waals surface area contributed by atoms with E-state index < -0.39 is 5.97 Å². The van der Waals surface area contributed by atoms with E-state index in [1.165, 1.54) is 18.0 Å². The zero-order valence-corrected chi connectivity index (χ0v) is 10.5. The van der Waals surface area contributed by atoms with E-state index in [-0.39, 0.29) is 5.69 Å². The summed E-state index contributed by atoms with van der Waals surface area (Å²) < 4.78 is 0. The number of benzene rings is 1. The molecule has 2 aromatic rings. The van der Waals surface area contributed by atoms with E-state index in [0.29, 0.717) is 0 Å². The number of hydrogen-bond acceptors (Lipinski definition) is 4. The molecule has 0 radical (unpaired) electrons. The normalized spacial score (nSPS) is 8.84. The van der Waals surface area contributed by atoms with Crippen LogP contribution in [0.25, 0.3) is 10.4 Å². The number of aromatic carboxylic acids is 1. The molecule has 1 heterocycles. The van der Waals surface area contributed by atoms with Crippen LogP contribution in [-0.2, 0) is 0 Å². The monoisotopic (exact) mass is 274 g/mol. The maximum atomic E-state index is 10.7. The highest BCUT2D eigenvalue weighted by atomic mass is 32.2. The Morgan fingerprint density at radius 3 is 2.47 bits per heavy atom. The molecule has 19 heavy (non-hydrogen) atoms. The van der Waals surface area contributed by atoms with Gasteiger partial charge >= 0.3 is 5.97 Å². The largest absolute Gasteiger partial charge is 0.477 e. The molecule has 1 aromatic carbocycles. The lowest BCUT2D eigenvalue weighted by Crippen LogP contribution is -1.99. The van der Waals surface area contributed by atoms with Crippen LogP contribution in [0.3, 0.4) is 0 Å². The van der Waals surface area contributed by atoms with Gasteiger partial charge in [-0.2, -0.15) is 0 Å². The predicted molar refractivity (Wildman–Crippen MR) is 71.2 cm³/mol. The molecule has 0 fully saturated rings. The Kier molecular flexibility index (Phi) is 5.94. The number of rotatable bonds is 3. The van der Waals surface area contributed by atoms with Crippen molar-refractivity contribution < 1.29 is 9.90 Å². The van der Waals surface area contributed by atoms with Crippen LogP contribution in [-0.4, -0.2) is 16.1 Å². The Bertz CT molecular complexity index is 583. The van der Waals surface area contributed by atoms with Gasteiger partial charge in [0, 0.05) is 16.0 Å². The highest BCUT2D eigenvalue weighted by Crippen LogP contribution is 2.27. The van der Waals surface area contributed by atoms with Crippen molar-refractivity contribution in [3.8, 4) is 0 Å². The summed E-state index contributed by atoms with van der Waals surface area (Å²) in [6.45, 7) is 0. The first-order valence-corrected chi connectivity index (χ1v) is 5.92. The van der Waals surface area contributed by atoms with Crippen molar-refractivity contribution in [1.82, 2.24) is 4.98 Å². The van der Waals surface area contributed by atoms with Crippen LogP contribution in [0.5, 0.6) is 0 Å². The molecule has 7 heteroatoms. The molecular weight excluding hydrogens is 264 g/mol. The summed E-state index contributed by atoms with van der Waals surface area (Å²) in [7, 11) is 0. The van der Waals surface area contributed by atoms with Gasteiger partial charge in [-0.15, -0.1) is 5.53 Å². The molecule has 2 rings (SSSR count). The molecule has 0 atom stereocenters. The number of aromatic nitrogens is 1.